The quantitative estimate of drug-likeness (QED) is 0.872. The van der Waals surface area contributed by atoms with E-state index in [0.29, 0.717) is 23.3 Å². The Kier molecular flexibility index (Phi) is 5.28. The molecular weight excluding hydrogens is 262 g/mol. The van der Waals surface area contributed by atoms with Crippen molar-refractivity contribution in [2.45, 2.75) is 45.2 Å². The third-order valence-electron chi connectivity index (χ3n) is 3.48. The van der Waals surface area contributed by atoms with Crippen molar-refractivity contribution in [3.63, 3.8) is 0 Å². The summed E-state index contributed by atoms with van der Waals surface area (Å²) in [4.78, 5) is 12.2. The van der Waals surface area contributed by atoms with Gasteiger partial charge in [0.15, 0.2) is 0 Å². The van der Waals surface area contributed by atoms with Crippen LogP contribution in [-0.2, 0) is 6.54 Å². The van der Waals surface area contributed by atoms with Gasteiger partial charge in [-0.15, -0.1) is 0 Å². The number of piperidine rings is 1. The Morgan fingerprint density at radius 3 is 3.11 bits per heavy atom. The summed E-state index contributed by atoms with van der Waals surface area (Å²) in [6, 6.07) is 2.14. The number of aryl methyl sites for hydroxylation is 1. The zero-order valence-electron chi connectivity index (χ0n) is 11.4. The van der Waals surface area contributed by atoms with Gasteiger partial charge in [-0.1, -0.05) is 24.9 Å². The molecule has 1 saturated heterocycles. The number of nitrogens with zero attached hydrogens (tertiary/aromatic N) is 1. The average molecular weight is 284 g/mol. The third-order valence-corrected chi connectivity index (χ3v) is 3.69. The molecule has 106 valence electrons. The third kappa shape index (κ3) is 3.98. The van der Waals surface area contributed by atoms with Crippen molar-refractivity contribution in [1.29, 1.82) is 0 Å². The van der Waals surface area contributed by atoms with Crippen LogP contribution < -0.4 is 10.6 Å². The largest absolute Gasteiger partial charge is 0.349 e. The summed E-state index contributed by atoms with van der Waals surface area (Å²) in [6.07, 6.45) is 6.41. The van der Waals surface area contributed by atoms with Crippen LogP contribution in [0.3, 0.4) is 0 Å². The predicted molar refractivity (Wildman–Crippen MR) is 77.7 cm³/mol. The van der Waals surface area contributed by atoms with Crippen LogP contribution in [0.15, 0.2) is 12.3 Å². The Hall–Kier alpha value is -1.00. The van der Waals surface area contributed by atoms with Crippen molar-refractivity contribution in [2.75, 3.05) is 13.1 Å². The topological polar surface area (TPSA) is 46.1 Å². The molecule has 0 bridgehead atoms. The van der Waals surface area contributed by atoms with Crippen molar-refractivity contribution < 1.29 is 4.79 Å². The van der Waals surface area contributed by atoms with Crippen LogP contribution in [-0.4, -0.2) is 29.6 Å². The molecule has 1 aromatic rings. The van der Waals surface area contributed by atoms with Crippen LogP contribution in [0.1, 0.15) is 43.1 Å². The lowest BCUT2D eigenvalue weighted by atomic mass is 10.1. The molecule has 0 aromatic carbocycles. The molecule has 1 aromatic heterocycles. The summed E-state index contributed by atoms with van der Waals surface area (Å²) >= 11 is 5.98. The van der Waals surface area contributed by atoms with Crippen molar-refractivity contribution in [3.05, 3.63) is 23.0 Å². The highest BCUT2D eigenvalue weighted by Crippen LogP contribution is 2.15. The number of carbonyl (C=O) groups is 1. The molecule has 4 nitrogen and oxygen atoms in total. The number of carbonyl (C=O) groups excluding carboxylic acids is 1. The molecule has 2 rings (SSSR count). The minimum absolute atomic E-state index is 0.0345. The zero-order chi connectivity index (χ0) is 13.7. The van der Waals surface area contributed by atoms with Gasteiger partial charge in [-0.2, -0.15) is 0 Å². The van der Waals surface area contributed by atoms with Gasteiger partial charge in [-0.3, -0.25) is 4.79 Å². The first kappa shape index (κ1) is 14.4. The van der Waals surface area contributed by atoms with Gasteiger partial charge in [0, 0.05) is 25.3 Å². The molecule has 1 aliphatic rings. The van der Waals surface area contributed by atoms with Crippen LogP contribution in [0.2, 0.25) is 5.02 Å². The number of hydrogen-bond acceptors (Lipinski definition) is 2. The summed E-state index contributed by atoms with van der Waals surface area (Å²) in [7, 11) is 0. The van der Waals surface area contributed by atoms with E-state index in [9.17, 15) is 4.79 Å². The molecule has 19 heavy (non-hydrogen) atoms. The zero-order valence-corrected chi connectivity index (χ0v) is 12.2. The molecule has 1 aliphatic heterocycles. The van der Waals surface area contributed by atoms with Crippen LogP contribution >= 0.6 is 11.6 Å². The Balaban J connectivity index is 1.91. The Morgan fingerprint density at radius 2 is 2.42 bits per heavy atom. The second-order valence-corrected chi connectivity index (χ2v) is 5.53. The highest BCUT2D eigenvalue weighted by molar-refractivity contribution is 6.31. The maximum atomic E-state index is 12.2. The van der Waals surface area contributed by atoms with Crippen LogP contribution in [0.25, 0.3) is 0 Å². The fourth-order valence-electron chi connectivity index (χ4n) is 2.50. The number of hydrogen-bond donors (Lipinski definition) is 2. The van der Waals surface area contributed by atoms with Crippen LogP contribution in [0.5, 0.6) is 0 Å². The Morgan fingerprint density at radius 1 is 1.58 bits per heavy atom. The smallest absolute Gasteiger partial charge is 0.268 e. The van der Waals surface area contributed by atoms with E-state index in [4.69, 9.17) is 11.6 Å². The van der Waals surface area contributed by atoms with Gasteiger partial charge >= 0.3 is 0 Å². The molecule has 0 saturated carbocycles. The molecule has 0 aliphatic carbocycles. The van der Waals surface area contributed by atoms with Gasteiger partial charge in [0.2, 0.25) is 0 Å². The first-order valence-electron chi connectivity index (χ1n) is 7.08. The van der Waals surface area contributed by atoms with E-state index in [1.54, 1.807) is 6.07 Å². The van der Waals surface area contributed by atoms with Crippen molar-refractivity contribution >= 4 is 17.5 Å². The van der Waals surface area contributed by atoms with E-state index in [-0.39, 0.29) is 5.91 Å². The van der Waals surface area contributed by atoms with E-state index >= 15 is 0 Å². The van der Waals surface area contributed by atoms with Gasteiger partial charge in [-0.25, -0.2) is 0 Å². The minimum Gasteiger partial charge on any atom is -0.349 e. The molecule has 0 spiro atoms. The van der Waals surface area contributed by atoms with Crippen molar-refractivity contribution in [2.24, 2.45) is 0 Å². The second kappa shape index (κ2) is 6.96. The molecule has 1 amide bonds. The standard InChI is InChI=1S/C14H22ClN3O/c1-2-7-18-10-11(15)8-13(18)14(19)17-9-12-5-3-4-6-16-12/h8,10,12,16H,2-7,9H2,1H3,(H,17,19). The molecular formula is C14H22ClN3O. The number of nitrogens with one attached hydrogen (secondary N) is 2. The average Bonchev–Trinajstić information content (AvgIpc) is 2.79. The highest BCUT2D eigenvalue weighted by atomic mass is 35.5. The number of aromatic nitrogens is 1. The van der Waals surface area contributed by atoms with Crippen LogP contribution in [0, 0.1) is 0 Å². The van der Waals surface area contributed by atoms with Gasteiger partial charge in [-0.05, 0) is 31.9 Å². The number of halogens is 1. The molecule has 5 heteroatoms. The molecule has 1 atom stereocenters. The minimum atomic E-state index is -0.0345. The highest BCUT2D eigenvalue weighted by Gasteiger charge is 2.16. The van der Waals surface area contributed by atoms with Crippen molar-refractivity contribution in [1.82, 2.24) is 15.2 Å². The summed E-state index contributed by atoms with van der Waals surface area (Å²) < 4.78 is 1.92. The van der Waals surface area contributed by atoms with E-state index < -0.39 is 0 Å². The number of amides is 1. The lowest BCUT2D eigenvalue weighted by Crippen LogP contribution is -2.43. The number of rotatable bonds is 5. The maximum Gasteiger partial charge on any atom is 0.268 e. The lowest BCUT2D eigenvalue weighted by molar-refractivity contribution is 0.0938. The predicted octanol–water partition coefficient (Wildman–Crippen LogP) is 2.42. The lowest BCUT2D eigenvalue weighted by Gasteiger charge is -2.23. The van der Waals surface area contributed by atoms with E-state index in [1.807, 2.05) is 10.8 Å². The summed E-state index contributed by atoms with van der Waals surface area (Å²) in [5, 5.41) is 7.04. The summed E-state index contributed by atoms with van der Waals surface area (Å²) in [6.45, 7) is 4.64. The first-order chi connectivity index (χ1) is 9.20. The van der Waals surface area contributed by atoms with Gasteiger partial charge in [0.05, 0.1) is 5.02 Å². The SMILES string of the molecule is CCCn1cc(Cl)cc1C(=O)NCC1CCCCN1. The van der Waals surface area contributed by atoms with E-state index in [2.05, 4.69) is 17.6 Å². The van der Waals surface area contributed by atoms with Gasteiger partial charge < -0.3 is 15.2 Å². The van der Waals surface area contributed by atoms with Gasteiger partial charge in [0.1, 0.15) is 5.69 Å². The first-order valence-corrected chi connectivity index (χ1v) is 7.45. The molecule has 1 unspecified atom stereocenters. The van der Waals surface area contributed by atoms with E-state index in [1.165, 1.54) is 12.8 Å². The summed E-state index contributed by atoms with van der Waals surface area (Å²) in [5.74, 6) is -0.0345. The maximum absolute atomic E-state index is 12.2. The Labute approximate surface area is 119 Å². The molecule has 2 N–H and O–H groups in total. The van der Waals surface area contributed by atoms with Crippen LogP contribution in [0.4, 0.5) is 0 Å². The molecule has 1 fully saturated rings. The monoisotopic (exact) mass is 283 g/mol. The summed E-state index contributed by atoms with van der Waals surface area (Å²) in [5.41, 5.74) is 0.655. The normalized spacial score (nSPS) is 19.4. The van der Waals surface area contributed by atoms with Crippen molar-refractivity contribution in [3.8, 4) is 0 Å². The molecule has 0 radical (unpaired) electrons. The Bertz CT molecular complexity index is 424. The van der Waals surface area contributed by atoms with E-state index in [0.717, 1.165) is 25.9 Å². The molecule has 2 heterocycles. The van der Waals surface area contributed by atoms with Gasteiger partial charge in [0.25, 0.3) is 5.91 Å². The second-order valence-electron chi connectivity index (χ2n) is 5.09. The fourth-order valence-corrected chi connectivity index (χ4v) is 2.72. The fraction of sp³-hybridized carbons (Fsp3) is 0.643.